The molecular weight excluding hydrogens is 220 g/mol. The standard InChI is InChI=1S/C12H16N2O3/c1-17-12(16)10-7-9(10)11(15)14(6-2-5-13)8-3-4-8/h8-10H,2-4,6-7H2,1H3/t9-,10-/m1/s1. The number of methoxy groups -OCH3 is 1. The number of esters is 1. The Bertz CT molecular complexity index is 370. The third-order valence-corrected chi connectivity index (χ3v) is 3.35. The number of ether oxygens (including phenoxy) is 1. The SMILES string of the molecule is COC(=O)[C@@H]1C[C@H]1C(=O)N(CCC#N)C1CC1. The minimum atomic E-state index is -0.292. The first-order chi connectivity index (χ1) is 8.19. The maximum Gasteiger partial charge on any atom is 0.309 e. The van der Waals surface area contributed by atoms with Gasteiger partial charge in [-0.1, -0.05) is 0 Å². The molecule has 0 heterocycles. The summed E-state index contributed by atoms with van der Waals surface area (Å²) < 4.78 is 4.63. The molecular formula is C12H16N2O3. The molecule has 1 amide bonds. The van der Waals surface area contributed by atoms with Crippen LogP contribution in [-0.4, -0.2) is 36.5 Å². The van der Waals surface area contributed by atoms with Crippen LogP contribution in [0.25, 0.3) is 0 Å². The van der Waals surface area contributed by atoms with Crippen molar-refractivity contribution in [3.05, 3.63) is 0 Å². The number of carbonyl (C=O) groups is 2. The summed E-state index contributed by atoms with van der Waals surface area (Å²) in [6, 6.07) is 2.36. The average molecular weight is 236 g/mol. The van der Waals surface area contributed by atoms with Crippen molar-refractivity contribution in [3.63, 3.8) is 0 Å². The molecule has 17 heavy (non-hydrogen) atoms. The Balaban J connectivity index is 1.90. The summed E-state index contributed by atoms with van der Waals surface area (Å²) in [6.45, 7) is 0.490. The summed E-state index contributed by atoms with van der Waals surface area (Å²) in [5.41, 5.74) is 0. The van der Waals surface area contributed by atoms with Gasteiger partial charge in [-0.2, -0.15) is 5.26 Å². The minimum Gasteiger partial charge on any atom is -0.469 e. The molecule has 5 nitrogen and oxygen atoms in total. The summed E-state index contributed by atoms with van der Waals surface area (Å²) in [4.78, 5) is 25.2. The van der Waals surface area contributed by atoms with Crippen molar-refractivity contribution in [1.29, 1.82) is 5.26 Å². The van der Waals surface area contributed by atoms with Gasteiger partial charge in [0, 0.05) is 12.6 Å². The highest BCUT2D eigenvalue weighted by Crippen LogP contribution is 2.42. The smallest absolute Gasteiger partial charge is 0.309 e. The molecule has 0 radical (unpaired) electrons. The Labute approximate surface area is 100 Å². The maximum absolute atomic E-state index is 12.1. The zero-order valence-electron chi connectivity index (χ0n) is 9.89. The van der Waals surface area contributed by atoms with E-state index in [2.05, 4.69) is 10.8 Å². The lowest BCUT2D eigenvalue weighted by atomic mass is 10.2. The first kappa shape index (κ1) is 11.9. The van der Waals surface area contributed by atoms with Crippen LogP contribution >= 0.6 is 0 Å². The quantitative estimate of drug-likeness (QED) is 0.659. The topological polar surface area (TPSA) is 70.4 Å². The van der Waals surface area contributed by atoms with Crippen LogP contribution in [0.2, 0.25) is 0 Å². The molecule has 0 aromatic heterocycles. The van der Waals surface area contributed by atoms with Gasteiger partial charge in [0.25, 0.3) is 0 Å². The van der Waals surface area contributed by atoms with E-state index in [1.165, 1.54) is 7.11 Å². The molecule has 0 aliphatic heterocycles. The van der Waals surface area contributed by atoms with Crippen LogP contribution in [0, 0.1) is 23.2 Å². The van der Waals surface area contributed by atoms with Crippen molar-refractivity contribution in [2.75, 3.05) is 13.7 Å². The molecule has 0 spiro atoms. The fourth-order valence-electron chi connectivity index (χ4n) is 2.12. The molecule has 2 aliphatic carbocycles. The number of amides is 1. The molecule has 5 heteroatoms. The van der Waals surface area contributed by atoms with E-state index in [9.17, 15) is 9.59 Å². The fraction of sp³-hybridized carbons (Fsp3) is 0.750. The maximum atomic E-state index is 12.1. The lowest BCUT2D eigenvalue weighted by molar-refractivity contribution is -0.145. The summed E-state index contributed by atoms with van der Waals surface area (Å²) in [5.74, 6) is -0.727. The van der Waals surface area contributed by atoms with Crippen LogP contribution in [0.3, 0.4) is 0 Å². The van der Waals surface area contributed by atoms with E-state index < -0.39 is 0 Å². The number of nitriles is 1. The van der Waals surface area contributed by atoms with Gasteiger partial charge in [0.15, 0.2) is 0 Å². The van der Waals surface area contributed by atoms with Crippen molar-refractivity contribution in [2.24, 2.45) is 11.8 Å². The highest BCUT2D eigenvalue weighted by molar-refractivity contribution is 5.90. The van der Waals surface area contributed by atoms with Gasteiger partial charge in [-0.15, -0.1) is 0 Å². The van der Waals surface area contributed by atoms with Gasteiger partial charge in [-0.25, -0.2) is 0 Å². The zero-order valence-corrected chi connectivity index (χ0v) is 9.89. The Morgan fingerprint density at radius 1 is 1.41 bits per heavy atom. The fourth-order valence-corrected chi connectivity index (χ4v) is 2.12. The predicted octanol–water partition coefficient (Wildman–Crippen LogP) is 0.700. The molecule has 2 rings (SSSR count). The second kappa shape index (κ2) is 4.74. The van der Waals surface area contributed by atoms with Gasteiger partial charge in [0.05, 0.1) is 31.4 Å². The summed E-state index contributed by atoms with van der Waals surface area (Å²) in [5, 5.41) is 8.57. The molecule has 92 valence electrons. The van der Waals surface area contributed by atoms with E-state index in [1.807, 2.05) is 0 Å². The largest absolute Gasteiger partial charge is 0.469 e. The zero-order chi connectivity index (χ0) is 12.4. The van der Waals surface area contributed by atoms with Crippen molar-refractivity contribution in [1.82, 2.24) is 4.90 Å². The van der Waals surface area contributed by atoms with Crippen molar-refractivity contribution < 1.29 is 14.3 Å². The minimum absolute atomic E-state index is 0.0261. The monoisotopic (exact) mass is 236 g/mol. The Hall–Kier alpha value is -1.57. The van der Waals surface area contributed by atoms with Gasteiger partial charge >= 0.3 is 5.97 Å². The van der Waals surface area contributed by atoms with E-state index in [-0.39, 0.29) is 23.7 Å². The average Bonchev–Trinajstić information content (AvgIpc) is 3.18. The molecule has 0 N–H and O–H groups in total. The Kier molecular flexibility index (Phi) is 3.32. The van der Waals surface area contributed by atoms with Crippen molar-refractivity contribution >= 4 is 11.9 Å². The molecule has 0 aromatic carbocycles. The van der Waals surface area contributed by atoms with E-state index >= 15 is 0 Å². The molecule has 2 atom stereocenters. The number of hydrogen-bond acceptors (Lipinski definition) is 4. The number of rotatable bonds is 5. The first-order valence-corrected chi connectivity index (χ1v) is 5.94. The molecule has 2 saturated carbocycles. The van der Waals surface area contributed by atoms with E-state index in [0.29, 0.717) is 25.4 Å². The van der Waals surface area contributed by atoms with E-state index in [1.54, 1.807) is 4.90 Å². The highest BCUT2D eigenvalue weighted by Gasteiger charge is 2.51. The molecule has 2 aliphatic rings. The molecule has 0 unspecified atom stereocenters. The van der Waals surface area contributed by atoms with Crippen LogP contribution in [-0.2, 0) is 14.3 Å². The van der Waals surface area contributed by atoms with Crippen LogP contribution in [0.1, 0.15) is 25.7 Å². The van der Waals surface area contributed by atoms with Crippen LogP contribution in [0.15, 0.2) is 0 Å². The summed E-state index contributed by atoms with van der Waals surface area (Å²) in [7, 11) is 1.34. The third-order valence-electron chi connectivity index (χ3n) is 3.35. The van der Waals surface area contributed by atoms with Gasteiger partial charge < -0.3 is 9.64 Å². The van der Waals surface area contributed by atoms with E-state index in [4.69, 9.17) is 5.26 Å². The normalized spacial score (nSPS) is 25.9. The number of hydrogen-bond donors (Lipinski definition) is 0. The number of nitrogens with zero attached hydrogens (tertiary/aromatic N) is 2. The van der Waals surface area contributed by atoms with Crippen LogP contribution in [0.4, 0.5) is 0 Å². The molecule has 0 saturated heterocycles. The molecule has 0 aromatic rings. The predicted molar refractivity (Wildman–Crippen MR) is 58.6 cm³/mol. The Morgan fingerprint density at radius 3 is 2.65 bits per heavy atom. The van der Waals surface area contributed by atoms with Gasteiger partial charge in [0.2, 0.25) is 5.91 Å². The summed E-state index contributed by atoms with van der Waals surface area (Å²) in [6.07, 6.45) is 3.00. The second-order valence-corrected chi connectivity index (χ2v) is 4.64. The van der Waals surface area contributed by atoms with Crippen molar-refractivity contribution in [3.8, 4) is 6.07 Å². The van der Waals surface area contributed by atoms with Crippen LogP contribution < -0.4 is 0 Å². The molecule has 0 bridgehead atoms. The van der Waals surface area contributed by atoms with E-state index in [0.717, 1.165) is 12.8 Å². The Morgan fingerprint density at radius 2 is 2.12 bits per heavy atom. The number of carbonyl (C=O) groups excluding carboxylic acids is 2. The highest BCUT2D eigenvalue weighted by atomic mass is 16.5. The first-order valence-electron chi connectivity index (χ1n) is 5.94. The second-order valence-electron chi connectivity index (χ2n) is 4.64. The van der Waals surface area contributed by atoms with Gasteiger partial charge in [-0.05, 0) is 19.3 Å². The summed E-state index contributed by atoms with van der Waals surface area (Å²) >= 11 is 0. The lowest BCUT2D eigenvalue weighted by Crippen LogP contribution is -2.35. The van der Waals surface area contributed by atoms with Gasteiger partial charge in [0.1, 0.15) is 0 Å². The molecule has 2 fully saturated rings. The van der Waals surface area contributed by atoms with Crippen molar-refractivity contribution in [2.45, 2.75) is 31.7 Å². The van der Waals surface area contributed by atoms with Gasteiger partial charge in [-0.3, -0.25) is 9.59 Å². The lowest BCUT2D eigenvalue weighted by Gasteiger charge is -2.21. The van der Waals surface area contributed by atoms with Crippen LogP contribution in [0.5, 0.6) is 0 Å². The third kappa shape index (κ3) is 2.57.